The quantitative estimate of drug-likeness (QED) is 0.469. The van der Waals surface area contributed by atoms with E-state index in [1.807, 2.05) is 29.0 Å². The second-order valence-electron chi connectivity index (χ2n) is 8.02. The first-order valence-electron chi connectivity index (χ1n) is 10.9. The van der Waals surface area contributed by atoms with Gasteiger partial charge in [0.15, 0.2) is 11.5 Å². The molecule has 2 amide bonds. The molecule has 1 aliphatic rings. The summed E-state index contributed by atoms with van der Waals surface area (Å²) in [7, 11) is 0. The third-order valence-corrected chi connectivity index (χ3v) is 5.68. The number of nitrogens with zero attached hydrogens (tertiary/aromatic N) is 6. The number of fused-ring (bicyclic) bond motifs is 1. The number of imidazole rings is 1. The van der Waals surface area contributed by atoms with Gasteiger partial charge >= 0.3 is 6.03 Å². The Morgan fingerprint density at radius 1 is 1.21 bits per heavy atom. The van der Waals surface area contributed by atoms with Gasteiger partial charge < -0.3 is 25.3 Å². The summed E-state index contributed by atoms with van der Waals surface area (Å²) in [5, 5.41) is 7.41. The molecule has 0 atom stereocenters. The van der Waals surface area contributed by atoms with Crippen LogP contribution in [0.5, 0.6) is 0 Å². The Kier molecular flexibility index (Phi) is 5.66. The zero-order chi connectivity index (χ0) is 22.8. The van der Waals surface area contributed by atoms with Gasteiger partial charge in [0, 0.05) is 44.0 Å². The highest BCUT2D eigenvalue weighted by atomic mass is 16.5. The minimum atomic E-state index is -0.553. The number of nitrogens with one attached hydrogen (secondary N) is 1. The average molecular weight is 447 g/mol. The first-order chi connectivity index (χ1) is 16.1. The Labute approximate surface area is 191 Å². The summed E-state index contributed by atoms with van der Waals surface area (Å²) < 4.78 is 9.25. The number of pyridine rings is 1. The molecule has 1 fully saturated rings. The summed E-state index contributed by atoms with van der Waals surface area (Å²) in [5.41, 5.74) is 10.9. The number of primary amides is 1. The van der Waals surface area contributed by atoms with E-state index in [0.717, 1.165) is 41.2 Å². The van der Waals surface area contributed by atoms with Crippen molar-refractivity contribution < 1.29 is 9.53 Å². The molecule has 0 aliphatic carbocycles. The highest BCUT2D eigenvalue weighted by Gasteiger charge is 2.20. The van der Waals surface area contributed by atoms with Crippen LogP contribution in [0.25, 0.3) is 28.2 Å². The largest absolute Gasteiger partial charge is 0.378 e. The highest BCUT2D eigenvalue weighted by Crippen LogP contribution is 2.28. The SMILES string of the molecule is Cc1cccc(-c2ccn(-c3cc(N4CCOCC4)c4ncn(CCNC(N)=O)c4n3)n2)c1. The summed E-state index contributed by atoms with van der Waals surface area (Å²) in [6.45, 7) is 5.86. The van der Waals surface area contributed by atoms with Crippen LogP contribution in [-0.4, -0.2) is 63.2 Å². The zero-order valence-electron chi connectivity index (χ0n) is 18.4. The minimum absolute atomic E-state index is 0.388. The fourth-order valence-corrected chi connectivity index (χ4v) is 4.04. The molecule has 3 aromatic heterocycles. The van der Waals surface area contributed by atoms with Crippen molar-refractivity contribution in [2.45, 2.75) is 13.5 Å². The first kappa shape index (κ1) is 21.0. The maximum atomic E-state index is 11.1. The Morgan fingerprint density at radius 2 is 2.06 bits per heavy atom. The van der Waals surface area contributed by atoms with Crippen molar-refractivity contribution in [1.29, 1.82) is 0 Å². The number of hydrogen-bond donors (Lipinski definition) is 2. The van der Waals surface area contributed by atoms with Crippen LogP contribution in [0.1, 0.15) is 5.56 Å². The number of rotatable bonds is 6. The smallest absolute Gasteiger partial charge is 0.312 e. The van der Waals surface area contributed by atoms with Gasteiger partial charge in [0.1, 0.15) is 5.52 Å². The van der Waals surface area contributed by atoms with Crippen LogP contribution in [0, 0.1) is 6.92 Å². The number of amides is 2. The van der Waals surface area contributed by atoms with Crippen LogP contribution in [-0.2, 0) is 11.3 Å². The molecule has 0 radical (unpaired) electrons. The summed E-state index contributed by atoms with van der Waals surface area (Å²) in [5.74, 6) is 0.701. The third-order valence-electron chi connectivity index (χ3n) is 5.68. The lowest BCUT2D eigenvalue weighted by Crippen LogP contribution is -2.36. The number of morpholine rings is 1. The number of benzene rings is 1. The highest BCUT2D eigenvalue weighted by molar-refractivity contribution is 5.87. The van der Waals surface area contributed by atoms with Crippen LogP contribution in [0.4, 0.5) is 10.5 Å². The monoisotopic (exact) mass is 446 g/mol. The minimum Gasteiger partial charge on any atom is -0.378 e. The zero-order valence-corrected chi connectivity index (χ0v) is 18.4. The maximum Gasteiger partial charge on any atom is 0.312 e. The molecule has 170 valence electrons. The molecule has 1 aliphatic heterocycles. The number of aromatic nitrogens is 5. The number of ether oxygens (including phenoxy) is 1. The lowest BCUT2D eigenvalue weighted by molar-refractivity contribution is 0.123. The number of hydrogen-bond acceptors (Lipinski definition) is 6. The van der Waals surface area contributed by atoms with E-state index in [4.69, 9.17) is 20.6 Å². The average Bonchev–Trinajstić information content (AvgIpc) is 3.47. The van der Waals surface area contributed by atoms with Gasteiger partial charge in [-0.2, -0.15) is 5.10 Å². The molecule has 3 N–H and O–H groups in total. The molecule has 1 aromatic carbocycles. The molecule has 1 saturated heterocycles. The second-order valence-corrected chi connectivity index (χ2v) is 8.02. The first-order valence-corrected chi connectivity index (χ1v) is 10.9. The molecule has 0 unspecified atom stereocenters. The molecule has 0 spiro atoms. The van der Waals surface area contributed by atoms with Gasteiger partial charge in [0.25, 0.3) is 0 Å². The van der Waals surface area contributed by atoms with Gasteiger partial charge in [-0.1, -0.05) is 23.8 Å². The van der Waals surface area contributed by atoms with E-state index in [1.165, 1.54) is 5.56 Å². The van der Waals surface area contributed by atoms with Crippen molar-refractivity contribution >= 4 is 22.9 Å². The molecular weight excluding hydrogens is 420 g/mol. The molecule has 10 heteroatoms. The maximum absolute atomic E-state index is 11.1. The van der Waals surface area contributed by atoms with Crippen LogP contribution < -0.4 is 16.0 Å². The van der Waals surface area contributed by atoms with E-state index in [-0.39, 0.29) is 0 Å². The molecule has 4 heterocycles. The van der Waals surface area contributed by atoms with E-state index < -0.39 is 6.03 Å². The molecule has 0 saturated carbocycles. The third kappa shape index (κ3) is 4.37. The van der Waals surface area contributed by atoms with Crippen molar-refractivity contribution in [3.63, 3.8) is 0 Å². The van der Waals surface area contributed by atoms with E-state index in [9.17, 15) is 4.79 Å². The lowest BCUT2D eigenvalue weighted by atomic mass is 10.1. The molecule has 33 heavy (non-hydrogen) atoms. The fourth-order valence-electron chi connectivity index (χ4n) is 4.04. The molecule has 0 bridgehead atoms. The molecule has 4 aromatic rings. The van der Waals surface area contributed by atoms with Crippen molar-refractivity contribution in [2.24, 2.45) is 5.73 Å². The number of aryl methyl sites for hydroxylation is 1. The van der Waals surface area contributed by atoms with Crippen molar-refractivity contribution in [3.05, 3.63) is 54.5 Å². The van der Waals surface area contributed by atoms with Gasteiger partial charge in [-0.3, -0.25) is 0 Å². The molecular formula is C23H26N8O2. The number of carbonyl (C=O) groups excluding carboxylic acids is 1. The van der Waals surface area contributed by atoms with E-state index >= 15 is 0 Å². The Bertz CT molecular complexity index is 1290. The Hall–Kier alpha value is -3.92. The predicted octanol–water partition coefficient (Wildman–Crippen LogP) is 2.10. The fraction of sp³-hybridized carbons (Fsp3) is 0.304. The Morgan fingerprint density at radius 3 is 2.85 bits per heavy atom. The Balaban J connectivity index is 1.56. The topological polar surface area (TPSA) is 116 Å². The number of nitrogens with two attached hydrogens (primary N) is 1. The van der Waals surface area contributed by atoms with Gasteiger partial charge in [-0.25, -0.2) is 19.4 Å². The van der Waals surface area contributed by atoms with Crippen molar-refractivity contribution in [3.8, 4) is 17.1 Å². The van der Waals surface area contributed by atoms with Crippen molar-refractivity contribution in [2.75, 3.05) is 37.7 Å². The van der Waals surface area contributed by atoms with E-state index in [0.29, 0.717) is 32.1 Å². The van der Waals surface area contributed by atoms with Gasteiger partial charge in [-0.05, 0) is 19.1 Å². The summed E-state index contributed by atoms with van der Waals surface area (Å²) in [6.07, 6.45) is 3.67. The van der Waals surface area contributed by atoms with Crippen LogP contribution in [0.2, 0.25) is 0 Å². The summed E-state index contributed by atoms with van der Waals surface area (Å²) in [4.78, 5) is 22.9. The standard InChI is InChI=1S/C23H26N8O2/c1-16-3-2-4-17(13-16)18-5-7-31(28-18)20-14-19(29-9-11-33-12-10-29)21-22(27-20)30(15-26-21)8-6-25-23(24)32/h2-5,7,13-15H,6,8-12H2,1H3,(H3,24,25,32). The molecule has 5 rings (SSSR count). The van der Waals surface area contributed by atoms with Crippen LogP contribution in [0.15, 0.2) is 48.9 Å². The van der Waals surface area contributed by atoms with Crippen LogP contribution >= 0.6 is 0 Å². The van der Waals surface area contributed by atoms with Gasteiger partial charge in [0.05, 0.1) is 30.9 Å². The normalized spacial score (nSPS) is 14.0. The summed E-state index contributed by atoms with van der Waals surface area (Å²) in [6, 6.07) is 11.7. The van der Waals surface area contributed by atoms with E-state index in [1.54, 1.807) is 11.0 Å². The van der Waals surface area contributed by atoms with Crippen LogP contribution in [0.3, 0.4) is 0 Å². The number of carbonyl (C=O) groups is 1. The van der Waals surface area contributed by atoms with Gasteiger partial charge in [-0.15, -0.1) is 0 Å². The van der Waals surface area contributed by atoms with Crippen molar-refractivity contribution in [1.82, 2.24) is 29.6 Å². The van der Waals surface area contributed by atoms with E-state index in [2.05, 4.69) is 40.3 Å². The predicted molar refractivity (Wildman–Crippen MR) is 125 cm³/mol. The van der Waals surface area contributed by atoms with Gasteiger partial charge in [0.2, 0.25) is 0 Å². The molecule has 10 nitrogen and oxygen atoms in total. The number of urea groups is 1. The summed E-state index contributed by atoms with van der Waals surface area (Å²) >= 11 is 0. The lowest BCUT2D eigenvalue weighted by Gasteiger charge is -2.29. The number of anilines is 1. The second kappa shape index (κ2) is 8.91.